The zero-order valence-corrected chi connectivity index (χ0v) is 19.5. The quantitative estimate of drug-likeness (QED) is 0.580. The normalized spacial score (nSPS) is 19.2. The highest BCUT2D eigenvalue weighted by Gasteiger charge is 2.34. The summed E-state index contributed by atoms with van der Waals surface area (Å²) in [4.78, 5) is 31.8. The summed E-state index contributed by atoms with van der Waals surface area (Å²) in [6.45, 7) is 7.99. The summed E-state index contributed by atoms with van der Waals surface area (Å²) >= 11 is 0. The Balaban J connectivity index is 1.58. The average molecular weight is 450 g/mol. The number of carbonyl (C=O) groups excluding carboxylic acids is 2. The molecule has 0 saturated carbocycles. The minimum Gasteiger partial charge on any atom is -0.351 e. The van der Waals surface area contributed by atoms with E-state index in [4.69, 9.17) is 0 Å². The average Bonchev–Trinajstić information content (AvgIpc) is 3.13. The second-order valence-corrected chi connectivity index (χ2v) is 10.2. The number of hydrogen-bond donors (Lipinski definition) is 2. The van der Waals surface area contributed by atoms with Crippen LogP contribution in [0.1, 0.15) is 49.7 Å². The molecule has 33 heavy (non-hydrogen) atoms. The highest BCUT2D eigenvalue weighted by molar-refractivity contribution is 6.00. The molecule has 6 heteroatoms. The largest absolute Gasteiger partial charge is 0.351 e. The lowest BCUT2D eigenvalue weighted by molar-refractivity contribution is -0.134. The highest BCUT2D eigenvalue weighted by atomic mass is 19.1. The minimum absolute atomic E-state index is 0.0220. The number of fused-ring (bicyclic) bond motifs is 1. The van der Waals surface area contributed by atoms with Gasteiger partial charge in [-0.15, -0.1) is 0 Å². The number of amides is 2. The predicted molar refractivity (Wildman–Crippen MR) is 128 cm³/mol. The van der Waals surface area contributed by atoms with Gasteiger partial charge in [-0.25, -0.2) is 4.39 Å². The Morgan fingerprint density at radius 2 is 1.94 bits per heavy atom. The Labute approximate surface area is 194 Å². The van der Waals surface area contributed by atoms with E-state index in [0.717, 1.165) is 18.4 Å². The van der Waals surface area contributed by atoms with Gasteiger partial charge in [0.1, 0.15) is 17.6 Å². The lowest BCUT2D eigenvalue weighted by atomic mass is 9.83. The predicted octanol–water partition coefficient (Wildman–Crippen LogP) is 4.93. The molecule has 1 aliphatic rings. The topological polar surface area (TPSA) is 65.2 Å². The molecular weight excluding hydrogens is 417 g/mol. The summed E-state index contributed by atoms with van der Waals surface area (Å²) in [5.74, 6) is -0.241. The fourth-order valence-electron chi connectivity index (χ4n) is 5.00. The van der Waals surface area contributed by atoms with E-state index in [1.54, 1.807) is 12.1 Å². The monoisotopic (exact) mass is 449 g/mol. The Morgan fingerprint density at radius 3 is 2.70 bits per heavy atom. The molecule has 174 valence electrons. The Hall–Kier alpha value is -3.15. The van der Waals surface area contributed by atoms with Crippen molar-refractivity contribution in [2.45, 2.75) is 46.1 Å². The van der Waals surface area contributed by atoms with Crippen molar-refractivity contribution in [3.63, 3.8) is 0 Å². The van der Waals surface area contributed by atoms with Crippen molar-refractivity contribution in [2.24, 2.45) is 11.3 Å². The molecule has 2 aromatic carbocycles. The number of rotatable bonds is 5. The summed E-state index contributed by atoms with van der Waals surface area (Å²) in [5.41, 5.74) is 1.99. The van der Waals surface area contributed by atoms with Gasteiger partial charge in [0.05, 0.1) is 0 Å². The van der Waals surface area contributed by atoms with E-state index in [9.17, 15) is 14.0 Å². The number of aromatic amines is 1. The summed E-state index contributed by atoms with van der Waals surface area (Å²) in [5, 5.41) is 3.58. The molecular formula is C27H32FN3O2. The molecule has 1 unspecified atom stereocenters. The first-order valence-corrected chi connectivity index (χ1v) is 11.6. The first-order valence-electron chi connectivity index (χ1n) is 11.6. The molecule has 1 saturated heterocycles. The van der Waals surface area contributed by atoms with Gasteiger partial charge in [-0.3, -0.25) is 9.59 Å². The van der Waals surface area contributed by atoms with Gasteiger partial charge in [0, 0.05) is 30.4 Å². The maximum Gasteiger partial charge on any atom is 0.268 e. The van der Waals surface area contributed by atoms with Crippen molar-refractivity contribution < 1.29 is 14.0 Å². The molecule has 3 aromatic rings. The van der Waals surface area contributed by atoms with E-state index < -0.39 is 6.04 Å². The van der Waals surface area contributed by atoms with Crippen molar-refractivity contribution in [2.75, 3.05) is 13.1 Å². The summed E-state index contributed by atoms with van der Waals surface area (Å²) in [6, 6.07) is 15.0. The van der Waals surface area contributed by atoms with E-state index in [1.165, 1.54) is 12.1 Å². The lowest BCUT2D eigenvalue weighted by Gasteiger charge is -2.32. The summed E-state index contributed by atoms with van der Waals surface area (Å²) < 4.78 is 13.6. The van der Waals surface area contributed by atoms with Gasteiger partial charge in [0.25, 0.3) is 5.91 Å². The van der Waals surface area contributed by atoms with Gasteiger partial charge < -0.3 is 15.2 Å². The zero-order valence-electron chi connectivity index (χ0n) is 19.5. The Kier molecular flexibility index (Phi) is 6.54. The zero-order chi connectivity index (χ0) is 23.6. The standard InChI is InChI=1S/C27H32FN3O2/c1-18-11-12-31(17-27(2,3)16-18)26(33)24(13-19-7-5-4-6-8-19)30-25(32)23-15-20-14-21(28)9-10-22(20)29-23/h4-10,14-15,18,24,29H,11-13,16-17H2,1-3H3,(H,30,32)/t18?,24-/m0/s1. The number of H-pyrrole nitrogens is 1. The minimum atomic E-state index is -0.688. The number of halogens is 1. The van der Waals surface area contributed by atoms with E-state index in [-0.39, 0.29) is 23.0 Å². The third-order valence-corrected chi connectivity index (χ3v) is 6.44. The summed E-state index contributed by atoms with van der Waals surface area (Å²) in [6.07, 6.45) is 2.43. The van der Waals surface area contributed by atoms with Crippen molar-refractivity contribution in [3.05, 3.63) is 71.7 Å². The van der Waals surface area contributed by atoms with Gasteiger partial charge in [-0.1, -0.05) is 51.1 Å². The van der Waals surface area contributed by atoms with Crippen molar-refractivity contribution in [1.29, 1.82) is 0 Å². The third-order valence-electron chi connectivity index (χ3n) is 6.44. The molecule has 0 spiro atoms. The first-order chi connectivity index (χ1) is 15.7. The molecule has 1 aliphatic heterocycles. The fourth-order valence-corrected chi connectivity index (χ4v) is 5.00. The molecule has 2 heterocycles. The maximum atomic E-state index is 13.7. The van der Waals surface area contributed by atoms with Gasteiger partial charge in [-0.2, -0.15) is 0 Å². The molecule has 0 aliphatic carbocycles. The van der Waals surface area contributed by atoms with E-state index in [2.05, 4.69) is 31.1 Å². The van der Waals surface area contributed by atoms with E-state index >= 15 is 0 Å². The molecule has 0 bridgehead atoms. The van der Waals surface area contributed by atoms with Crippen LogP contribution >= 0.6 is 0 Å². The van der Waals surface area contributed by atoms with Crippen molar-refractivity contribution >= 4 is 22.7 Å². The third kappa shape index (κ3) is 5.62. The van der Waals surface area contributed by atoms with Gasteiger partial charge in [-0.05, 0) is 54.0 Å². The second kappa shape index (κ2) is 9.38. The fraction of sp³-hybridized carbons (Fsp3) is 0.407. The first kappa shape index (κ1) is 23.0. The molecule has 2 atom stereocenters. The molecule has 2 amide bonds. The van der Waals surface area contributed by atoms with Crippen LogP contribution in [-0.2, 0) is 11.2 Å². The number of carbonyl (C=O) groups is 2. The Bertz CT molecular complexity index is 1140. The van der Waals surface area contributed by atoms with Crippen LogP contribution in [-0.4, -0.2) is 40.8 Å². The number of nitrogens with one attached hydrogen (secondary N) is 2. The SMILES string of the molecule is CC1CCN(C(=O)[C@H](Cc2ccccc2)NC(=O)c2cc3cc(F)ccc3[nH]2)CC(C)(C)C1. The highest BCUT2D eigenvalue weighted by Crippen LogP contribution is 2.32. The molecule has 1 aromatic heterocycles. The van der Waals surface area contributed by atoms with Crippen LogP contribution in [0.15, 0.2) is 54.6 Å². The van der Waals surface area contributed by atoms with E-state index in [1.807, 2.05) is 35.2 Å². The number of aromatic nitrogens is 1. The van der Waals surface area contributed by atoms with Crippen LogP contribution in [0.2, 0.25) is 0 Å². The lowest BCUT2D eigenvalue weighted by Crippen LogP contribution is -2.51. The molecule has 0 radical (unpaired) electrons. The van der Waals surface area contributed by atoms with Crippen LogP contribution < -0.4 is 5.32 Å². The van der Waals surface area contributed by atoms with Crippen LogP contribution in [0.5, 0.6) is 0 Å². The van der Waals surface area contributed by atoms with Gasteiger partial charge in [0.2, 0.25) is 5.91 Å². The van der Waals surface area contributed by atoms with E-state index in [0.29, 0.717) is 42.0 Å². The van der Waals surface area contributed by atoms with Gasteiger partial charge in [0.15, 0.2) is 0 Å². The second-order valence-electron chi connectivity index (χ2n) is 10.2. The van der Waals surface area contributed by atoms with Crippen LogP contribution in [0, 0.1) is 17.2 Å². The van der Waals surface area contributed by atoms with Crippen molar-refractivity contribution in [1.82, 2.24) is 15.2 Å². The summed E-state index contributed by atoms with van der Waals surface area (Å²) in [7, 11) is 0. The van der Waals surface area contributed by atoms with Crippen molar-refractivity contribution in [3.8, 4) is 0 Å². The number of hydrogen-bond acceptors (Lipinski definition) is 2. The number of benzene rings is 2. The molecule has 1 fully saturated rings. The molecule has 4 rings (SSSR count). The molecule has 5 nitrogen and oxygen atoms in total. The van der Waals surface area contributed by atoms with Crippen LogP contribution in [0.4, 0.5) is 4.39 Å². The van der Waals surface area contributed by atoms with Crippen LogP contribution in [0.25, 0.3) is 10.9 Å². The smallest absolute Gasteiger partial charge is 0.268 e. The van der Waals surface area contributed by atoms with Gasteiger partial charge >= 0.3 is 0 Å². The number of likely N-dealkylation sites (tertiary alicyclic amines) is 1. The van der Waals surface area contributed by atoms with Crippen LogP contribution in [0.3, 0.4) is 0 Å². The Morgan fingerprint density at radius 1 is 1.18 bits per heavy atom. The maximum absolute atomic E-state index is 13.7. The molecule has 2 N–H and O–H groups in total. The number of nitrogens with zero attached hydrogens (tertiary/aromatic N) is 1.